The second-order valence-corrected chi connectivity index (χ2v) is 6.72. The molecule has 1 aliphatic rings. The minimum atomic E-state index is -0.181. The van der Waals surface area contributed by atoms with Crippen LogP contribution in [-0.2, 0) is 11.3 Å². The van der Waals surface area contributed by atoms with Crippen LogP contribution in [-0.4, -0.2) is 62.4 Å². The predicted octanol–water partition coefficient (Wildman–Crippen LogP) is 1.20. The van der Waals surface area contributed by atoms with Gasteiger partial charge in [-0.2, -0.15) is 0 Å². The van der Waals surface area contributed by atoms with Crippen molar-refractivity contribution in [2.45, 2.75) is 19.9 Å². The van der Waals surface area contributed by atoms with E-state index in [2.05, 4.69) is 16.8 Å². The summed E-state index contributed by atoms with van der Waals surface area (Å²) < 4.78 is 3.33. The molecule has 3 aromatic rings. The lowest BCUT2D eigenvalue weighted by atomic mass is 10.3. The summed E-state index contributed by atoms with van der Waals surface area (Å²) in [4.78, 5) is 34.3. The van der Waals surface area contributed by atoms with Crippen LogP contribution in [0.5, 0.6) is 0 Å². The summed E-state index contributed by atoms with van der Waals surface area (Å²) in [6.07, 6.45) is 4.62. The summed E-state index contributed by atoms with van der Waals surface area (Å²) in [6, 6.07) is 7.37. The van der Waals surface area contributed by atoms with Gasteiger partial charge in [-0.1, -0.05) is 6.92 Å². The monoisotopic (exact) mass is 353 g/mol. The molecule has 0 bridgehead atoms. The summed E-state index contributed by atoms with van der Waals surface area (Å²) in [7, 11) is 0. The van der Waals surface area contributed by atoms with Crippen LogP contribution < -0.4 is 5.56 Å². The van der Waals surface area contributed by atoms with Crippen molar-refractivity contribution >= 4 is 22.6 Å². The predicted molar refractivity (Wildman–Crippen MR) is 100 cm³/mol. The Morgan fingerprint density at radius 2 is 1.88 bits per heavy atom. The fourth-order valence-electron chi connectivity index (χ4n) is 3.70. The number of amides is 1. The SMILES string of the molecule is CCCN1CCN(C(=O)Cn2c(=O)c3cccn3c3cccnc32)CC1. The Labute approximate surface area is 151 Å². The minimum absolute atomic E-state index is 0.0221. The first-order valence-electron chi connectivity index (χ1n) is 9.13. The van der Waals surface area contributed by atoms with Crippen LogP contribution in [0.4, 0.5) is 0 Å². The van der Waals surface area contributed by atoms with Gasteiger partial charge in [0.15, 0.2) is 5.65 Å². The van der Waals surface area contributed by atoms with Gasteiger partial charge in [-0.05, 0) is 37.2 Å². The van der Waals surface area contributed by atoms with Crippen LogP contribution in [0.1, 0.15) is 13.3 Å². The van der Waals surface area contributed by atoms with Gasteiger partial charge in [-0.25, -0.2) is 4.98 Å². The van der Waals surface area contributed by atoms with Crippen LogP contribution in [0.15, 0.2) is 41.5 Å². The quantitative estimate of drug-likeness (QED) is 0.707. The van der Waals surface area contributed by atoms with Crippen molar-refractivity contribution < 1.29 is 4.79 Å². The van der Waals surface area contributed by atoms with Crippen LogP contribution in [0.2, 0.25) is 0 Å². The number of carbonyl (C=O) groups is 1. The second-order valence-electron chi connectivity index (χ2n) is 6.72. The molecule has 0 N–H and O–H groups in total. The Bertz CT molecular complexity index is 998. The summed E-state index contributed by atoms with van der Waals surface area (Å²) in [5, 5.41) is 0. The van der Waals surface area contributed by atoms with Crippen LogP contribution >= 0.6 is 0 Å². The van der Waals surface area contributed by atoms with Crippen molar-refractivity contribution in [3.8, 4) is 0 Å². The Morgan fingerprint density at radius 1 is 1.12 bits per heavy atom. The third-order valence-electron chi connectivity index (χ3n) is 5.05. The smallest absolute Gasteiger partial charge is 0.276 e. The molecule has 3 aromatic heterocycles. The van der Waals surface area contributed by atoms with E-state index >= 15 is 0 Å². The van der Waals surface area contributed by atoms with E-state index < -0.39 is 0 Å². The molecule has 0 aliphatic carbocycles. The van der Waals surface area contributed by atoms with E-state index in [1.165, 1.54) is 4.57 Å². The van der Waals surface area contributed by atoms with E-state index in [0.717, 1.165) is 31.6 Å². The lowest BCUT2D eigenvalue weighted by Gasteiger charge is -2.34. The van der Waals surface area contributed by atoms with E-state index in [1.807, 2.05) is 33.7 Å². The molecule has 1 aliphatic heterocycles. The fourth-order valence-corrected chi connectivity index (χ4v) is 3.70. The van der Waals surface area contributed by atoms with Gasteiger partial charge in [0, 0.05) is 38.6 Å². The maximum atomic E-state index is 12.9. The van der Waals surface area contributed by atoms with Crippen molar-refractivity contribution in [2.75, 3.05) is 32.7 Å². The van der Waals surface area contributed by atoms with Crippen molar-refractivity contribution in [1.29, 1.82) is 0 Å². The molecule has 1 fully saturated rings. The van der Waals surface area contributed by atoms with Crippen molar-refractivity contribution in [1.82, 2.24) is 23.8 Å². The van der Waals surface area contributed by atoms with E-state index in [0.29, 0.717) is 24.3 Å². The number of nitrogens with zero attached hydrogens (tertiary/aromatic N) is 5. The molecule has 7 nitrogen and oxygen atoms in total. The van der Waals surface area contributed by atoms with Gasteiger partial charge in [0.25, 0.3) is 5.56 Å². The molecule has 1 amide bonds. The van der Waals surface area contributed by atoms with E-state index in [1.54, 1.807) is 12.3 Å². The van der Waals surface area contributed by atoms with Gasteiger partial charge in [0.1, 0.15) is 12.1 Å². The van der Waals surface area contributed by atoms with Crippen LogP contribution in [0, 0.1) is 0 Å². The van der Waals surface area contributed by atoms with E-state index in [9.17, 15) is 9.59 Å². The molecular weight excluding hydrogens is 330 g/mol. The van der Waals surface area contributed by atoms with Crippen LogP contribution in [0.3, 0.4) is 0 Å². The number of piperazine rings is 1. The van der Waals surface area contributed by atoms with Gasteiger partial charge < -0.3 is 9.30 Å². The third kappa shape index (κ3) is 2.88. The molecule has 0 spiro atoms. The molecule has 4 heterocycles. The standard InChI is InChI=1S/C19H23N5O2/c1-2-8-21-10-12-22(13-11-21)17(25)14-24-18-15(5-3-7-20-18)23-9-4-6-16(23)19(24)26/h3-7,9H,2,8,10-14H2,1H3. The third-order valence-corrected chi connectivity index (χ3v) is 5.05. The van der Waals surface area contributed by atoms with Gasteiger partial charge in [0.05, 0.1) is 5.52 Å². The zero-order valence-corrected chi connectivity index (χ0v) is 15.0. The zero-order chi connectivity index (χ0) is 18.1. The molecule has 26 heavy (non-hydrogen) atoms. The van der Waals surface area contributed by atoms with E-state index in [-0.39, 0.29) is 18.0 Å². The molecule has 7 heteroatoms. The number of fused-ring (bicyclic) bond motifs is 3. The van der Waals surface area contributed by atoms with Gasteiger partial charge in [-0.15, -0.1) is 0 Å². The molecule has 0 aromatic carbocycles. The number of aromatic nitrogens is 3. The number of hydrogen-bond donors (Lipinski definition) is 0. The maximum absolute atomic E-state index is 12.9. The maximum Gasteiger partial charge on any atom is 0.276 e. The molecule has 1 saturated heterocycles. The number of hydrogen-bond acceptors (Lipinski definition) is 4. The highest BCUT2D eigenvalue weighted by molar-refractivity contribution is 5.80. The molecular formula is C19H23N5O2. The molecule has 0 unspecified atom stereocenters. The first-order valence-corrected chi connectivity index (χ1v) is 9.13. The average molecular weight is 353 g/mol. The number of pyridine rings is 1. The second kappa shape index (κ2) is 6.92. The highest BCUT2D eigenvalue weighted by Gasteiger charge is 2.22. The highest BCUT2D eigenvalue weighted by Crippen LogP contribution is 2.13. The van der Waals surface area contributed by atoms with Crippen molar-refractivity contribution in [3.63, 3.8) is 0 Å². The van der Waals surface area contributed by atoms with Gasteiger partial charge >= 0.3 is 0 Å². The van der Waals surface area contributed by atoms with Crippen LogP contribution in [0.25, 0.3) is 16.7 Å². The lowest BCUT2D eigenvalue weighted by molar-refractivity contribution is -0.133. The summed E-state index contributed by atoms with van der Waals surface area (Å²) in [6.45, 7) is 6.48. The first-order chi connectivity index (χ1) is 12.7. The molecule has 0 radical (unpaired) electrons. The summed E-state index contributed by atoms with van der Waals surface area (Å²) in [5.74, 6) is -0.0221. The van der Waals surface area contributed by atoms with Gasteiger partial charge in [-0.3, -0.25) is 19.1 Å². The largest absolute Gasteiger partial charge is 0.339 e. The topological polar surface area (TPSA) is 62.8 Å². The lowest BCUT2D eigenvalue weighted by Crippen LogP contribution is -2.50. The number of rotatable bonds is 4. The van der Waals surface area contributed by atoms with E-state index in [4.69, 9.17) is 0 Å². The first kappa shape index (κ1) is 16.8. The Hall–Kier alpha value is -2.67. The van der Waals surface area contributed by atoms with Crippen molar-refractivity contribution in [3.05, 3.63) is 47.0 Å². The normalized spacial score (nSPS) is 15.8. The highest BCUT2D eigenvalue weighted by atomic mass is 16.2. The fraction of sp³-hybridized carbons (Fsp3) is 0.421. The Balaban J connectivity index is 1.63. The van der Waals surface area contributed by atoms with Gasteiger partial charge in [0.2, 0.25) is 5.91 Å². The number of carbonyl (C=O) groups excluding carboxylic acids is 1. The minimum Gasteiger partial charge on any atom is -0.339 e. The zero-order valence-electron chi connectivity index (χ0n) is 15.0. The molecule has 0 saturated carbocycles. The summed E-state index contributed by atoms with van der Waals surface area (Å²) >= 11 is 0. The molecule has 4 rings (SSSR count). The molecule has 136 valence electrons. The van der Waals surface area contributed by atoms with Crippen molar-refractivity contribution in [2.24, 2.45) is 0 Å². The average Bonchev–Trinajstić information content (AvgIpc) is 3.16. The Kier molecular flexibility index (Phi) is 4.46. The Morgan fingerprint density at radius 3 is 2.65 bits per heavy atom. The molecule has 0 atom stereocenters. The summed E-state index contributed by atoms with van der Waals surface area (Å²) in [5.41, 5.74) is 1.75.